The van der Waals surface area contributed by atoms with Gasteiger partial charge < -0.3 is 9.84 Å². The van der Waals surface area contributed by atoms with Crippen LogP contribution in [0.3, 0.4) is 0 Å². The molecule has 1 N–H and O–H groups in total. The molecule has 0 aromatic heterocycles. The van der Waals surface area contributed by atoms with E-state index in [1.807, 2.05) is 31.2 Å². The molecule has 0 aliphatic heterocycles. The molecule has 3 nitrogen and oxygen atoms in total. The molecular formula is C10H14O3. The molecule has 0 fully saturated rings. The molecule has 0 spiro atoms. The number of hydrogen-bond donors (Lipinski definition) is 1. The van der Waals surface area contributed by atoms with E-state index in [0.717, 1.165) is 24.7 Å². The monoisotopic (exact) mass is 182 g/mol. The van der Waals surface area contributed by atoms with Gasteiger partial charge >= 0.3 is 0 Å². The van der Waals surface area contributed by atoms with Gasteiger partial charge in [0, 0.05) is 7.11 Å². The second-order valence-corrected chi connectivity index (χ2v) is 2.24. The van der Waals surface area contributed by atoms with E-state index < -0.39 is 0 Å². The van der Waals surface area contributed by atoms with Crippen molar-refractivity contribution < 1.29 is 14.6 Å². The number of benzene rings is 1. The van der Waals surface area contributed by atoms with Crippen molar-refractivity contribution in [1.29, 1.82) is 0 Å². The first-order valence-corrected chi connectivity index (χ1v) is 3.91. The van der Waals surface area contributed by atoms with Gasteiger partial charge in [-0.15, -0.1) is 0 Å². The summed E-state index contributed by atoms with van der Waals surface area (Å²) in [5, 5.41) is 7.00. The lowest BCUT2D eigenvalue weighted by atomic mass is 10.2. The van der Waals surface area contributed by atoms with Crippen LogP contribution < -0.4 is 4.74 Å². The van der Waals surface area contributed by atoms with Crippen molar-refractivity contribution >= 4 is 6.29 Å². The minimum Gasteiger partial charge on any atom is -0.486 e. The van der Waals surface area contributed by atoms with Crippen LogP contribution in [-0.4, -0.2) is 25.1 Å². The molecule has 0 radical (unpaired) electrons. The lowest BCUT2D eigenvalue weighted by molar-refractivity contribution is -0.109. The van der Waals surface area contributed by atoms with Crippen LogP contribution in [0.1, 0.15) is 5.56 Å². The molecule has 0 heterocycles. The Morgan fingerprint density at radius 2 is 2.00 bits per heavy atom. The fraction of sp³-hybridized carbons (Fsp3) is 0.300. The lowest BCUT2D eigenvalue weighted by Gasteiger charge is -2.03. The van der Waals surface area contributed by atoms with E-state index in [4.69, 9.17) is 9.84 Å². The summed E-state index contributed by atoms with van der Waals surface area (Å²) in [4.78, 5) is 9.96. The van der Waals surface area contributed by atoms with Gasteiger partial charge in [0.15, 0.2) is 6.29 Å². The van der Waals surface area contributed by atoms with Crippen LogP contribution in [0.5, 0.6) is 5.75 Å². The number of aldehydes is 1. The molecule has 0 saturated carbocycles. The Bertz CT molecular complexity index is 246. The quantitative estimate of drug-likeness (QED) is 0.714. The molecule has 0 saturated heterocycles. The molecule has 13 heavy (non-hydrogen) atoms. The fourth-order valence-corrected chi connectivity index (χ4v) is 0.842. The van der Waals surface area contributed by atoms with E-state index in [9.17, 15) is 4.79 Å². The van der Waals surface area contributed by atoms with Crippen LogP contribution in [0, 0.1) is 6.92 Å². The maximum atomic E-state index is 9.96. The molecule has 0 unspecified atom stereocenters. The Balaban J connectivity index is 0.000000671. The average molecular weight is 182 g/mol. The highest BCUT2D eigenvalue weighted by Crippen LogP contribution is 2.15. The lowest BCUT2D eigenvalue weighted by Crippen LogP contribution is -1.98. The molecule has 1 rings (SSSR count). The number of ether oxygens (including phenoxy) is 1. The van der Waals surface area contributed by atoms with Crippen LogP contribution >= 0.6 is 0 Å². The van der Waals surface area contributed by atoms with Gasteiger partial charge in [-0.2, -0.15) is 0 Å². The standard InChI is InChI=1S/C9H10O2.CH4O/c1-8-4-2-3-5-9(8)11-7-6-10;1-2/h2-6H,7H2,1H3;2H,1H3. The van der Waals surface area contributed by atoms with Crippen LogP contribution in [0.2, 0.25) is 0 Å². The third-order valence-corrected chi connectivity index (χ3v) is 1.40. The van der Waals surface area contributed by atoms with Gasteiger partial charge in [-0.25, -0.2) is 0 Å². The van der Waals surface area contributed by atoms with Crippen molar-refractivity contribution in [1.82, 2.24) is 0 Å². The van der Waals surface area contributed by atoms with Gasteiger partial charge in [0.1, 0.15) is 12.4 Å². The number of hydrogen-bond acceptors (Lipinski definition) is 3. The summed E-state index contributed by atoms with van der Waals surface area (Å²) in [6, 6.07) is 7.61. The Hall–Kier alpha value is -1.35. The van der Waals surface area contributed by atoms with Gasteiger partial charge in [0.05, 0.1) is 0 Å². The van der Waals surface area contributed by atoms with Crippen molar-refractivity contribution in [2.24, 2.45) is 0 Å². The van der Waals surface area contributed by atoms with E-state index in [-0.39, 0.29) is 6.61 Å². The Morgan fingerprint density at radius 3 is 2.54 bits per heavy atom. The summed E-state index contributed by atoms with van der Waals surface area (Å²) in [6.45, 7) is 2.07. The van der Waals surface area contributed by atoms with Gasteiger partial charge in [0.25, 0.3) is 0 Å². The number of aliphatic hydroxyl groups excluding tert-OH is 1. The highest BCUT2D eigenvalue weighted by Gasteiger charge is 1.94. The molecule has 3 heteroatoms. The van der Waals surface area contributed by atoms with Crippen molar-refractivity contribution in [3.8, 4) is 5.75 Å². The number of carbonyl (C=O) groups excluding carboxylic acids is 1. The SMILES string of the molecule is CO.Cc1ccccc1OCC=O. The summed E-state index contributed by atoms with van der Waals surface area (Å²) in [7, 11) is 1.00. The van der Waals surface area contributed by atoms with Crippen LogP contribution in [0.4, 0.5) is 0 Å². The molecular weight excluding hydrogens is 168 g/mol. The van der Waals surface area contributed by atoms with Gasteiger partial charge in [-0.1, -0.05) is 18.2 Å². The zero-order valence-corrected chi connectivity index (χ0v) is 7.86. The number of rotatable bonds is 3. The van der Waals surface area contributed by atoms with Crippen LogP contribution in [0.25, 0.3) is 0 Å². The summed E-state index contributed by atoms with van der Waals surface area (Å²) >= 11 is 0. The highest BCUT2D eigenvalue weighted by atomic mass is 16.5. The third kappa shape index (κ3) is 4.28. The van der Waals surface area contributed by atoms with E-state index in [2.05, 4.69) is 0 Å². The Morgan fingerprint density at radius 1 is 1.38 bits per heavy atom. The average Bonchev–Trinajstić information content (AvgIpc) is 2.20. The first kappa shape index (κ1) is 11.6. The molecule has 0 bridgehead atoms. The van der Waals surface area contributed by atoms with E-state index in [0.29, 0.717) is 0 Å². The minimum absolute atomic E-state index is 0.130. The molecule has 1 aromatic rings. The predicted octanol–water partition coefficient (Wildman–Crippen LogP) is 1.18. The molecule has 0 amide bonds. The third-order valence-electron chi connectivity index (χ3n) is 1.40. The normalized spacial score (nSPS) is 8.23. The van der Waals surface area contributed by atoms with Crippen molar-refractivity contribution in [2.75, 3.05) is 13.7 Å². The second-order valence-electron chi connectivity index (χ2n) is 2.24. The summed E-state index contributed by atoms with van der Waals surface area (Å²) in [6.07, 6.45) is 0.742. The van der Waals surface area contributed by atoms with Crippen molar-refractivity contribution in [3.63, 3.8) is 0 Å². The fourth-order valence-electron chi connectivity index (χ4n) is 0.842. The molecule has 0 atom stereocenters. The van der Waals surface area contributed by atoms with E-state index >= 15 is 0 Å². The minimum atomic E-state index is 0.130. The predicted molar refractivity (Wildman–Crippen MR) is 50.9 cm³/mol. The zero-order valence-electron chi connectivity index (χ0n) is 7.86. The summed E-state index contributed by atoms with van der Waals surface area (Å²) in [5.41, 5.74) is 1.05. The van der Waals surface area contributed by atoms with Gasteiger partial charge in [-0.05, 0) is 18.6 Å². The van der Waals surface area contributed by atoms with E-state index in [1.165, 1.54) is 0 Å². The maximum absolute atomic E-state index is 9.96. The number of aryl methyl sites for hydroxylation is 1. The van der Waals surface area contributed by atoms with Crippen molar-refractivity contribution in [3.05, 3.63) is 29.8 Å². The zero-order chi connectivity index (χ0) is 10.1. The Kier molecular flexibility index (Phi) is 6.55. The first-order valence-electron chi connectivity index (χ1n) is 3.91. The number of para-hydroxylation sites is 1. The van der Waals surface area contributed by atoms with Gasteiger partial charge in [0.2, 0.25) is 0 Å². The van der Waals surface area contributed by atoms with Crippen LogP contribution in [-0.2, 0) is 4.79 Å². The van der Waals surface area contributed by atoms with Crippen molar-refractivity contribution in [2.45, 2.75) is 6.92 Å². The second kappa shape index (κ2) is 7.31. The molecule has 0 aliphatic rings. The topological polar surface area (TPSA) is 46.5 Å². The Labute approximate surface area is 78.0 Å². The molecule has 1 aromatic carbocycles. The summed E-state index contributed by atoms with van der Waals surface area (Å²) < 4.78 is 5.12. The van der Waals surface area contributed by atoms with E-state index in [1.54, 1.807) is 0 Å². The maximum Gasteiger partial charge on any atom is 0.157 e. The van der Waals surface area contributed by atoms with Crippen LogP contribution in [0.15, 0.2) is 24.3 Å². The highest BCUT2D eigenvalue weighted by molar-refractivity contribution is 5.51. The first-order chi connectivity index (χ1) is 6.34. The number of carbonyl (C=O) groups is 1. The van der Waals surface area contributed by atoms with Gasteiger partial charge in [-0.3, -0.25) is 4.79 Å². The molecule has 72 valence electrons. The largest absolute Gasteiger partial charge is 0.486 e. The molecule has 0 aliphatic carbocycles. The summed E-state index contributed by atoms with van der Waals surface area (Å²) in [5.74, 6) is 0.777. The number of aliphatic hydroxyl groups is 1. The smallest absolute Gasteiger partial charge is 0.157 e.